The van der Waals surface area contributed by atoms with Crippen LogP contribution < -0.4 is 4.90 Å². The van der Waals surface area contributed by atoms with Gasteiger partial charge in [-0.2, -0.15) is 0 Å². The second kappa shape index (κ2) is 13.7. The summed E-state index contributed by atoms with van der Waals surface area (Å²) in [6.45, 7) is 0. The molecule has 0 amide bonds. The van der Waals surface area contributed by atoms with Gasteiger partial charge in [-0.05, 0) is 118 Å². The molecule has 0 heterocycles. The first-order chi connectivity index (χ1) is 29.8. The molecule has 1 aliphatic carbocycles. The first-order valence-electron chi connectivity index (χ1n) is 20.8. The van der Waals surface area contributed by atoms with Gasteiger partial charge in [0.25, 0.3) is 0 Å². The van der Waals surface area contributed by atoms with Crippen LogP contribution in [0.4, 0.5) is 17.1 Å². The maximum absolute atomic E-state index is 2.52. The second-order valence-corrected chi connectivity index (χ2v) is 16.0. The summed E-state index contributed by atoms with van der Waals surface area (Å²) in [5, 5.41) is 9.96. The SMILES string of the molecule is c1ccc(-c2ccc3c(c2)C(c2ccccc2)(c2ccccc2)c2c-3cccc2N(c2ccc3c(ccc4ccccc43)c2)c2ccc3c(ccc4ccccc43)c2)cc1. The molecule has 11 aromatic rings. The monoisotopic (exact) mass is 761 g/mol. The van der Waals surface area contributed by atoms with E-state index in [9.17, 15) is 0 Å². The van der Waals surface area contributed by atoms with Gasteiger partial charge < -0.3 is 4.90 Å². The van der Waals surface area contributed by atoms with Crippen molar-refractivity contribution in [1.82, 2.24) is 0 Å². The maximum atomic E-state index is 2.52. The Morgan fingerprint density at radius 1 is 0.300 bits per heavy atom. The Bertz CT molecular complexity index is 3260. The summed E-state index contributed by atoms with van der Waals surface area (Å²) in [5.74, 6) is 0. The van der Waals surface area contributed by atoms with Gasteiger partial charge in [-0.25, -0.2) is 0 Å². The maximum Gasteiger partial charge on any atom is 0.0734 e. The summed E-state index contributed by atoms with van der Waals surface area (Å²) in [4.78, 5) is 2.52. The first-order valence-corrected chi connectivity index (χ1v) is 20.8. The average molecular weight is 762 g/mol. The zero-order valence-corrected chi connectivity index (χ0v) is 33.0. The van der Waals surface area contributed by atoms with E-state index < -0.39 is 5.41 Å². The number of benzene rings is 11. The largest absolute Gasteiger partial charge is 0.310 e. The highest BCUT2D eigenvalue weighted by atomic mass is 15.1. The first kappa shape index (κ1) is 34.3. The molecule has 280 valence electrons. The molecule has 0 N–H and O–H groups in total. The highest BCUT2D eigenvalue weighted by molar-refractivity contribution is 6.10. The summed E-state index contributed by atoms with van der Waals surface area (Å²) in [5.41, 5.74) is 12.7. The van der Waals surface area contributed by atoms with E-state index in [0.29, 0.717) is 0 Å². The lowest BCUT2D eigenvalue weighted by molar-refractivity contribution is 0.768. The van der Waals surface area contributed by atoms with Crippen molar-refractivity contribution < 1.29 is 0 Å². The lowest BCUT2D eigenvalue weighted by Crippen LogP contribution is -2.30. The minimum Gasteiger partial charge on any atom is -0.310 e. The van der Waals surface area contributed by atoms with Crippen LogP contribution in [0.15, 0.2) is 237 Å². The third-order valence-corrected chi connectivity index (χ3v) is 12.9. The standard InChI is InChI=1S/C59H39N/c1-4-15-40(16-5-1)43-31-34-54-55-25-14-26-57(58(55)59(56(54)39-43,46-19-6-2-7-20-46)47-21-8-3-9-22-47)60(48-32-35-52-44(37-48)29-27-41-17-10-12-23-50(41)52)49-33-36-53-45(38-49)30-28-42-18-11-13-24-51(42)53/h1-39H. The molecule has 0 atom stereocenters. The molecule has 12 rings (SSSR count). The van der Waals surface area contributed by atoms with Gasteiger partial charge in [-0.1, -0.05) is 200 Å². The fraction of sp³-hybridized carbons (Fsp3) is 0.0169. The molecule has 0 unspecified atom stereocenters. The number of hydrogen-bond donors (Lipinski definition) is 0. The lowest BCUT2D eigenvalue weighted by Gasteiger charge is -2.38. The molecule has 0 spiro atoms. The van der Waals surface area contributed by atoms with E-state index >= 15 is 0 Å². The van der Waals surface area contributed by atoms with Crippen molar-refractivity contribution in [3.63, 3.8) is 0 Å². The molecule has 11 aromatic carbocycles. The molecule has 0 radical (unpaired) electrons. The Balaban J connectivity index is 1.18. The van der Waals surface area contributed by atoms with Gasteiger partial charge in [0.15, 0.2) is 0 Å². The van der Waals surface area contributed by atoms with E-state index in [1.165, 1.54) is 87.6 Å². The van der Waals surface area contributed by atoms with Gasteiger partial charge in [-0.15, -0.1) is 0 Å². The van der Waals surface area contributed by atoms with E-state index in [2.05, 4.69) is 241 Å². The van der Waals surface area contributed by atoms with Crippen molar-refractivity contribution >= 4 is 60.2 Å². The van der Waals surface area contributed by atoms with Crippen LogP contribution >= 0.6 is 0 Å². The third kappa shape index (κ3) is 5.19. The quantitative estimate of drug-likeness (QED) is 0.153. The molecule has 0 fully saturated rings. The van der Waals surface area contributed by atoms with E-state index in [1.54, 1.807) is 0 Å². The molecular formula is C59H39N. The number of nitrogens with zero attached hydrogens (tertiary/aromatic N) is 1. The van der Waals surface area contributed by atoms with E-state index in [0.717, 1.165) is 17.1 Å². The molecule has 1 aliphatic rings. The highest BCUT2D eigenvalue weighted by Crippen LogP contribution is 2.60. The predicted octanol–water partition coefficient (Wildman–Crippen LogP) is 15.8. The van der Waals surface area contributed by atoms with Gasteiger partial charge in [0.05, 0.1) is 11.1 Å². The van der Waals surface area contributed by atoms with Crippen molar-refractivity contribution in [3.05, 3.63) is 259 Å². The van der Waals surface area contributed by atoms with Crippen molar-refractivity contribution in [3.8, 4) is 22.3 Å². The second-order valence-electron chi connectivity index (χ2n) is 16.0. The minimum atomic E-state index is -0.632. The Morgan fingerprint density at radius 2 is 0.800 bits per heavy atom. The zero-order chi connectivity index (χ0) is 39.6. The summed E-state index contributed by atoms with van der Waals surface area (Å²) in [6.07, 6.45) is 0. The van der Waals surface area contributed by atoms with Crippen molar-refractivity contribution in [1.29, 1.82) is 0 Å². The van der Waals surface area contributed by atoms with E-state index in [-0.39, 0.29) is 0 Å². The molecule has 1 nitrogen and oxygen atoms in total. The third-order valence-electron chi connectivity index (χ3n) is 12.9. The fourth-order valence-electron chi connectivity index (χ4n) is 10.2. The summed E-state index contributed by atoms with van der Waals surface area (Å²) < 4.78 is 0. The molecule has 0 bridgehead atoms. The van der Waals surface area contributed by atoms with E-state index in [4.69, 9.17) is 0 Å². The van der Waals surface area contributed by atoms with Gasteiger partial charge in [0, 0.05) is 16.9 Å². The predicted molar refractivity (Wildman–Crippen MR) is 254 cm³/mol. The summed E-state index contributed by atoms with van der Waals surface area (Å²) >= 11 is 0. The average Bonchev–Trinajstić information content (AvgIpc) is 3.63. The number of anilines is 3. The Morgan fingerprint density at radius 3 is 1.38 bits per heavy atom. The van der Waals surface area contributed by atoms with E-state index in [1.807, 2.05) is 0 Å². The Kier molecular flexibility index (Phi) is 7.83. The fourth-order valence-corrected chi connectivity index (χ4v) is 10.2. The highest BCUT2D eigenvalue weighted by Gasteiger charge is 2.48. The van der Waals surface area contributed by atoms with Crippen LogP contribution in [0.3, 0.4) is 0 Å². The Hall–Kier alpha value is -7.74. The minimum absolute atomic E-state index is 0.632. The molecule has 60 heavy (non-hydrogen) atoms. The van der Waals surface area contributed by atoms with Crippen LogP contribution in [0, 0.1) is 0 Å². The zero-order valence-electron chi connectivity index (χ0n) is 33.0. The van der Waals surface area contributed by atoms with Gasteiger partial charge >= 0.3 is 0 Å². The van der Waals surface area contributed by atoms with Crippen LogP contribution in [0.1, 0.15) is 22.3 Å². The molecule has 0 aromatic heterocycles. The number of hydrogen-bond acceptors (Lipinski definition) is 1. The molecule has 0 saturated carbocycles. The molecular weight excluding hydrogens is 723 g/mol. The van der Waals surface area contributed by atoms with Crippen molar-refractivity contribution in [2.75, 3.05) is 4.90 Å². The van der Waals surface area contributed by atoms with Crippen molar-refractivity contribution in [2.45, 2.75) is 5.41 Å². The van der Waals surface area contributed by atoms with Crippen LogP contribution in [0.5, 0.6) is 0 Å². The molecule has 0 aliphatic heterocycles. The van der Waals surface area contributed by atoms with Gasteiger partial charge in [0.1, 0.15) is 0 Å². The topological polar surface area (TPSA) is 3.24 Å². The molecule has 0 saturated heterocycles. The van der Waals surface area contributed by atoms with Crippen LogP contribution in [-0.4, -0.2) is 0 Å². The van der Waals surface area contributed by atoms with Gasteiger partial charge in [-0.3, -0.25) is 0 Å². The smallest absolute Gasteiger partial charge is 0.0734 e. The van der Waals surface area contributed by atoms with Crippen molar-refractivity contribution in [2.24, 2.45) is 0 Å². The normalized spacial score (nSPS) is 12.8. The summed E-state index contributed by atoms with van der Waals surface area (Å²) in [7, 11) is 0. The molecule has 1 heteroatoms. The van der Waals surface area contributed by atoms with Gasteiger partial charge in [0.2, 0.25) is 0 Å². The van der Waals surface area contributed by atoms with Crippen LogP contribution in [-0.2, 0) is 5.41 Å². The lowest BCUT2D eigenvalue weighted by atomic mass is 9.67. The van der Waals surface area contributed by atoms with Crippen LogP contribution in [0.2, 0.25) is 0 Å². The Labute approximate surface area is 350 Å². The number of rotatable bonds is 6. The number of fused-ring (bicyclic) bond motifs is 9. The summed E-state index contributed by atoms with van der Waals surface area (Å²) in [6, 6.07) is 87.7. The van der Waals surface area contributed by atoms with Crippen LogP contribution in [0.25, 0.3) is 65.3 Å².